The van der Waals surface area contributed by atoms with Gasteiger partial charge in [0, 0.05) is 0 Å². The third-order valence-electron chi connectivity index (χ3n) is 5.85. The Morgan fingerprint density at radius 1 is 0.621 bits per heavy atom. The van der Waals surface area contributed by atoms with Crippen LogP contribution < -0.4 is 15.6 Å². The van der Waals surface area contributed by atoms with E-state index >= 15 is 0 Å². The van der Waals surface area contributed by atoms with Crippen molar-refractivity contribution in [2.75, 3.05) is 0 Å². The van der Waals surface area contributed by atoms with Crippen LogP contribution in [0.15, 0.2) is 102 Å². The summed E-state index contributed by atoms with van der Waals surface area (Å²) in [4.78, 5) is 0. The molecule has 0 fully saturated rings. The van der Waals surface area contributed by atoms with Gasteiger partial charge in [-0.25, -0.2) is 0 Å². The molecule has 0 unspecified atom stereocenters. The van der Waals surface area contributed by atoms with Crippen LogP contribution in [0, 0.1) is 0 Å². The first-order chi connectivity index (χ1) is 14.3. The highest BCUT2D eigenvalue weighted by atomic mass is 28.3. The van der Waals surface area contributed by atoms with Gasteiger partial charge in [-0.05, 0) is 28.4 Å². The van der Waals surface area contributed by atoms with E-state index in [0.717, 1.165) is 0 Å². The van der Waals surface area contributed by atoms with Crippen LogP contribution in [0.3, 0.4) is 0 Å². The zero-order valence-corrected chi connectivity index (χ0v) is 19.0. The second-order valence-electron chi connectivity index (χ2n) is 7.82. The second-order valence-corrected chi connectivity index (χ2v) is 11.7. The molecule has 0 aliphatic heterocycles. The molecule has 150 valence electrons. The summed E-state index contributed by atoms with van der Waals surface area (Å²) in [5, 5.41) is 6.17. The van der Waals surface area contributed by atoms with Crippen molar-refractivity contribution in [1.82, 2.24) is 0 Å². The SMILES string of the molecule is CCCC/C=C(\CCCC)[Si](c1ccccc1)(c1ccccc1)c1ccccc1. The molecule has 0 radical (unpaired) electrons. The van der Waals surface area contributed by atoms with Crippen LogP contribution in [0.1, 0.15) is 52.4 Å². The lowest BCUT2D eigenvalue weighted by Crippen LogP contribution is -2.68. The normalized spacial score (nSPS) is 12.1. The van der Waals surface area contributed by atoms with Crippen LogP contribution in [0.4, 0.5) is 0 Å². The molecule has 0 N–H and O–H groups in total. The topological polar surface area (TPSA) is 0 Å². The van der Waals surface area contributed by atoms with Crippen molar-refractivity contribution in [1.29, 1.82) is 0 Å². The second kappa shape index (κ2) is 11.0. The molecule has 29 heavy (non-hydrogen) atoms. The Kier molecular flexibility index (Phi) is 8.07. The molecule has 0 amide bonds. The van der Waals surface area contributed by atoms with Gasteiger partial charge < -0.3 is 0 Å². The van der Waals surface area contributed by atoms with E-state index in [-0.39, 0.29) is 0 Å². The largest absolute Gasteiger partial charge is 0.175 e. The van der Waals surface area contributed by atoms with E-state index in [9.17, 15) is 0 Å². The van der Waals surface area contributed by atoms with Crippen molar-refractivity contribution in [3.63, 3.8) is 0 Å². The third kappa shape index (κ3) is 4.79. The number of unbranched alkanes of at least 4 members (excludes halogenated alkanes) is 3. The van der Waals surface area contributed by atoms with Gasteiger partial charge in [0.15, 0.2) is 8.07 Å². The smallest absolute Gasteiger partial charge is 0.0882 e. The molecular weight excluding hydrogens is 364 g/mol. The highest BCUT2D eigenvalue weighted by molar-refractivity contribution is 7.16. The molecule has 0 spiro atoms. The molecule has 3 rings (SSSR count). The lowest BCUT2D eigenvalue weighted by atomic mass is 10.2. The Hall–Kier alpha value is -2.38. The predicted octanol–water partition coefficient (Wildman–Crippen LogP) is 6.00. The fourth-order valence-corrected chi connectivity index (χ4v) is 9.60. The molecule has 0 aliphatic carbocycles. The summed E-state index contributed by atoms with van der Waals surface area (Å²) in [6, 6.07) is 33.9. The first-order valence-corrected chi connectivity index (χ1v) is 13.2. The van der Waals surface area contributed by atoms with E-state index in [1.54, 1.807) is 5.20 Å². The van der Waals surface area contributed by atoms with Crippen molar-refractivity contribution < 1.29 is 0 Å². The molecule has 0 heterocycles. The van der Waals surface area contributed by atoms with Crippen LogP contribution in [0.2, 0.25) is 0 Å². The highest BCUT2D eigenvalue weighted by Crippen LogP contribution is 2.23. The summed E-state index contributed by atoms with van der Waals surface area (Å²) in [7, 11) is -2.28. The monoisotopic (exact) mass is 398 g/mol. The molecule has 0 saturated heterocycles. The molecule has 0 aliphatic rings. The van der Waals surface area contributed by atoms with Crippen molar-refractivity contribution in [3.8, 4) is 0 Å². The number of rotatable bonds is 10. The minimum Gasteiger partial charge on any atom is -0.0882 e. The van der Waals surface area contributed by atoms with Crippen LogP contribution in [-0.2, 0) is 0 Å². The molecule has 0 bridgehead atoms. The molecule has 0 aromatic heterocycles. The fraction of sp³-hybridized carbons (Fsp3) is 0.286. The van der Waals surface area contributed by atoms with Gasteiger partial charge in [0.2, 0.25) is 0 Å². The maximum atomic E-state index is 2.61. The first kappa shape index (κ1) is 21.3. The standard InChI is InChI=1S/C28H34Si/c1-3-5-10-18-25(17-6-4-2)29(26-19-11-7-12-20-26,27-21-13-8-14-22-27)28-23-15-9-16-24-28/h7-9,11-16,18-24H,3-6,10,17H2,1-2H3/b25-18+. The highest BCUT2D eigenvalue weighted by Gasteiger charge is 2.42. The van der Waals surface area contributed by atoms with E-state index in [0.29, 0.717) is 0 Å². The van der Waals surface area contributed by atoms with Gasteiger partial charge in [0.1, 0.15) is 0 Å². The number of benzene rings is 3. The van der Waals surface area contributed by atoms with Crippen LogP contribution in [0.25, 0.3) is 0 Å². The Balaban J connectivity index is 2.32. The van der Waals surface area contributed by atoms with Gasteiger partial charge in [-0.3, -0.25) is 0 Å². The molecule has 3 aromatic carbocycles. The van der Waals surface area contributed by atoms with Gasteiger partial charge in [-0.15, -0.1) is 0 Å². The van der Waals surface area contributed by atoms with Gasteiger partial charge in [-0.2, -0.15) is 0 Å². The van der Waals surface area contributed by atoms with Gasteiger partial charge in [-0.1, -0.05) is 142 Å². The number of hydrogen-bond acceptors (Lipinski definition) is 0. The van der Waals surface area contributed by atoms with Crippen LogP contribution >= 0.6 is 0 Å². The average Bonchev–Trinajstić information content (AvgIpc) is 2.80. The average molecular weight is 399 g/mol. The summed E-state index contributed by atoms with van der Waals surface area (Å²) in [6.45, 7) is 4.59. The first-order valence-electron chi connectivity index (χ1n) is 11.2. The van der Waals surface area contributed by atoms with E-state index in [4.69, 9.17) is 0 Å². The molecule has 1 heteroatoms. The lowest BCUT2D eigenvalue weighted by Gasteiger charge is -2.36. The fourth-order valence-electron chi connectivity index (χ4n) is 4.41. The van der Waals surface area contributed by atoms with E-state index in [1.165, 1.54) is 54.1 Å². The molecule has 0 atom stereocenters. The quantitative estimate of drug-likeness (QED) is 0.223. The summed E-state index contributed by atoms with van der Waals surface area (Å²) in [5.41, 5.74) is 0. The Bertz CT molecular complexity index is 769. The van der Waals surface area contributed by atoms with Crippen LogP contribution in [-0.4, -0.2) is 8.07 Å². The van der Waals surface area contributed by atoms with Crippen molar-refractivity contribution >= 4 is 23.6 Å². The van der Waals surface area contributed by atoms with E-state index < -0.39 is 8.07 Å². The van der Waals surface area contributed by atoms with Crippen molar-refractivity contribution in [3.05, 3.63) is 102 Å². The molecule has 0 saturated carbocycles. The van der Waals surface area contributed by atoms with Crippen LogP contribution in [0.5, 0.6) is 0 Å². The predicted molar refractivity (Wildman–Crippen MR) is 131 cm³/mol. The Morgan fingerprint density at radius 3 is 1.41 bits per heavy atom. The number of hydrogen-bond donors (Lipinski definition) is 0. The van der Waals surface area contributed by atoms with Gasteiger partial charge in [0.25, 0.3) is 0 Å². The lowest BCUT2D eigenvalue weighted by molar-refractivity contribution is 0.784. The van der Waals surface area contributed by atoms with E-state index in [1.807, 2.05) is 0 Å². The molecular formula is C28H34Si. The minimum absolute atomic E-state index is 1.18. The summed E-state index contributed by atoms with van der Waals surface area (Å²) in [5.74, 6) is 0. The van der Waals surface area contributed by atoms with Crippen molar-refractivity contribution in [2.45, 2.75) is 52.4 Å². The van der Waals surface area contributed by atoms with E-state index in [2.05, 4.69) is 111 Å². The zero-order valence-electron chi connectivity index (χ0n) is 18.0. The summed E-state index contributed by atoms with van der Waals surface area (Å²) in [6.07, 6.45) is 9.96. The maximum Gasteiger partial charge on any atom is 0.175 e. The molecule has 3 aromatic rings. The Morgan fingerprint density at radius 2 is 1.03 bits per heavy atom. The van der Waals surface area contributed by atoms with Crippen molar-refractivity contribution in [2.24, 2.45) is 0 Å². The third-order valence-corrected chi connectivity index (χ3v) is 10.9. The van der Waals surface area contributed by atoms with Gasteiger partial charge >= 0.3 is 0 Å². The zero-order chi connectivity index (χ0) is 20.4. The maximum absolute atomic E-state index is 2.61. The number of allylic oxidation sites excluding steroid dienone is 2. The Labute approximate surface area is 178 Å². The summed E-state index contributed by atoms with van der Waals surface area (Å²) >= 11 is 0. The molecule has 0 nitrogen and oxygen atoms in total. The van der Waals surface area contributed by atoms with Gasteiger partial charge in [0.05, 0.1) is 0 Å². The summed E-state index contributed by atoms with van der Waals surface area (Å²) < 4.78 is 0. The minimum atomic E-state index is -2.28.